The molecule has 1 fully saturated rings. The summed E-state index contributed by atoms with van der Waals surface area (Å²) in [5.41, 5.74) is 2.73. The van der Waals surface area contributed by atoms with E-state index in [9.17, 15) is 4.79 Å². The van der Waals surface area contributed by atoms with Crippen LogP contribution in [0.15, 0.2) is 72.9 Å². The molecule has 3 aromatic carbocycles. The van der Waals surface area contributed by atoms with E-state index < -0.39 is 0 Å². The standard InChI is InChI=1S/C25H22ClN5O3/c26-17-3-1-4-18(13-17)28-25(32)29-19-5-2-6-20(14-19)34-21-7-8-22-23(15-21)30-24(16-27-22)31-9-11-33-12-10-31/h1-8,13-16H,9-12H2,(H2,28,29,32). The lowest BCUT2D eigenvalue weighted by atomic mass is 10.2. The summed E-state index contributed by atoms with van der Waals surface area (Å²) in [5.74, 6) is 2.03. The molecule has 2 amide bonds. The lowest BCUT2D eigenvalue weighted by Gasteiger charge is -2.27. The minimum Gasteiger partial charge on any atom is -0.457 e. The molecule has 0 unspecified atom stereocenters. The highest BCUT2D eigenvalue weighted by atomic mass is 35.5. The van der Waals surface area contributed by atoms with Crippen LogP contribution in [0.25, 0.3) is 11.0 Å². The van der Waals surface area contributed by atoms with E-state index in [0.29, 0.717) is 41.1 Å². The predicted octanol–water partition coefficient (Wildman–Crippen LogP) is 5.56. The summed E-state index contributed by atoms with van der Waals surface area (Å²) >= 11 is 5.97. The Kier molecular flexibility index (Phi) is 6.42. The third kappa shape index (κ3) is 5.36. The van der Waals surface area contributed by atoms with Gasteiger partial charge in [0.1, 0.15) is 17.3 Å². The quantitative estimate of drug-likeness (QED) is 0.393. The molecule has 34 heavy (non-hydrogen) atoms. The average molecular weight is 476 g/mol. The largest absolute Gasteiger partial charge is 0.457 e. The molecule has 4 aromatic rings. The van der Waals surface area contributed by atoms with Crippen molar-refractivity contribution in [3.8, 4) is 11.5 Å². The Morgan fingerprint density at radius 1 is 0.912 bits per heavy atom. The van der Waals surface area contributed by atoms with Crippen LogP contribution in [0.2, 0.25) is 5.02 Å². The summed E-state index contributed by atoms with van der Waals surface area (Å²) in [4.78, 5) is 23.8. The highest BCUT2D eigenvalue weighted by molar-refractivity contribution is 6.30. The first kappa shape index (κ1) is 21.9. The number of amides is 2. The molecule has 0 aliphatic carbocycles. The Morgan fingerprint density at radius 3 is 2.44 bits per heavy atom. The number of aromatic nitrogens is 2. The predicted molar refractivity (Wildman–Crippen MR) is 133 cm³/mol. The van der Waals surface area contributed by atoms with Gasteiger partial charge in [-0.1, -0.05) is 23.7 Å². The first-order valence-corrected chi connectivity index (χ1v) is 11.2. The van der Waals surface area contributed by atoms with Crippen LogP contribution in [-0.4, -0.2) is 42.3 Å². The van der Waals surface area contributed by atoms with E-state index in [-0.39, 0.29) is 6.03 Å². The molecule has 0 spiro atoms. The molecule has 1 aliphatic heterocycles. The molecule has 0 radical (unpaired) electrons. The minimum absolute atomic E-state index is 0.379. The Labute approximate surface area is 201 Å². The zero-order chi connectivity index (χ0) is 23.3. The normalized spacial score (nSPS) is 13.5. The minimum atomic E-state index is -0.379. The Hall–Kier alpha value is -3.88. The van der Waals surface area contributed by atoms with Gasteiger partial charge in [-0.05, 0) is 42.5 Å². The number of carbonyl (C=O) groups is 1. The van der Waals surface area contributed by atoms with Gasteiger partial charge in [-0.25, -0.2) is 9.78 Å². The number of fused-ring (bicyclic) bond motifs is 1. The van der Waals surface area contributed by atoms with Crippen LogP contribution in [0.4, 0.5) is 22.0 Å². The monoisotopic (exact) mass is 475 g/mol. The van der Waals surface area contributed by atoms with Gasteiger partial charge < -0.3 is 25.0 Å². The number of ether oxygens (including phenoxy) is 2. The molecule has 1 saturated heterocycles. The molecule has 0 saturated carbocycles. The van der Waals surface area contributed by atoms with Crippen molar-refractivity contribution in [3.63, 3.8) is 0 Å². The first-order chi connectivity index (χ1) is 16.6. The van der Waals surface area contributed by atoms with Gasteiger partial charge in [0.15, 0.2) is 0 Å². The maximum absolute atomic E-state index is 12.3. The van der Waals surface area contributed by atoms with Gasteiger partial charge in [0.2, 0.25) is 0 Å². The fourth-order valence-corrected chi connectivity index (χ4v) is 3.81. The molecule has 0 bridgehead atoms. The van der Waals surface area contributed by atoms with E-state index >= 15 is 0 Å². The molecule has 1 aromatic heterocycles. The van der Waals surface area contributed by atoms with Crippen molar-refractivity contribution in [2.75, 3.05) is 41.8 Å². The topological polar surface area (TPSA) is 88.6 Å². The fraction of sp³-hybridized carbons (Fsp3) is 0.160. The van der Waals surface area contributed by atoms with Gasteiger partial charge in [-0.15, -0.1) is 0 Å². The number of carbonyl (C=O) groups excluding carboxylic acids is 1. The van der Waals surface area contributed by atoms with Crippen molar-refractivity contribution in [2.24, 2.45) is 0 Å². The van der Waals surface area contributed by atoms with Crippen molar-refractivity contribution < 1.29 is 14.3 Å². The molecular weight excluding hydrogens is 454 g/mol. The molecule has 2 heterocycles. The Morgan fingerprint density at radius 2 is 1.65 bits per heavy atom. The second-order valence-corrected chi connectivity index (χ2v) is 8.13. The Balaban J connectivity index is 1.28. The van der Waals surface area contributed by atoms with Gasteiger partial charge >= 0.3 is 6.03 Å². The van der Waals surface area contributed by atoms with Crippen LogP contribution in [0.1, 0.15) is 0 Å². The number of nitrogens with one attached hydrogen (secondary N) is 2. The number of hydrogen-bond acceptors (Lipinski definition) is 6. The number of halogens is 1. The SMILES string of the molecule is O=C(Nc1cccc(Cl)c1)Nc1cccc(Oc2ccc3ncc(N4CCOCC4)nc3c2)c1. The van der Waals surface area contributed by atoms with E-state index in [2.05, 4.69) is 20.5 Å². The number of morpholine rings is 1. The van der Waals surface area contributed by atoms with E-state index in [1.54, 1.807) is 42.6 Å². The molecule has 2 N–H and O–H groups in total. The van der Waals surface area contributed by atoms with E-state index in [0.717, 1.165) is 29.9 Å². The van der Waals surface area contributed by atoms with Crippen LogP contribution in [-0.2, 0) is 4.74 Å². The fourth-order valence-electron chi connectivity index (χ4n) is 3.62. The summed E-state index contributed by atoms with van der Waals surface area (Å²) < 4.78 is 11.5. The van der Waals surface area contributed by atoms with Crippen LogP contribution >= 0.6 is 11.6 Å². The first-order valence-electron chi connectivity index (χ1n) is 10.8. The van der Waals surface area contributed by atoms with Crippen molar-refractivity contribution in [1.82, 2.24) is 9.97 Å². The summed E-state index contributed by atoms with van der Waals surface area (Å²) in [6.45, 7) is 2.96. The van der Waals surface area contributed by atoms with Gasteiger partial charge in [-0.2, -0.15) is 0 Å². The highest BCUT2D eigenvalue weighted by Gasteiger charge is 2.14. The van der Waals surface area contributed by atoms with Gasteiger partial charge in [-0.3, -0.25) is 4.98 Å². The average Bonchev–Trinajstić information content (AvgIpc) is 2.84. The smallest absolute Gasteiger partial charge is 0.323 e. The van der Waals surface area contributed by atoms with Gasteiger partial charge in [0.25, 0.3) is 0 Å². The van der Waals surface area contributed by atoms with Crippen molar-refractivity contribution in [3.05, 3.63) is 77.9 Å². The van der Waals surface area contributed by atoms with E-state index in [4.69, 9.17) is 26.1 Å². The second kappa shape index (κ2) is 9.94. The van der Waals surface area contributed by atoms with Crippen LogP contribution in [0, 0.1) is 0 Å². The summed E-state index contributed by atoms with van der Waals surface area (Å²) in [7, 11) is 0. The van der Waals surface area contributed by atoms with E-state index in [1.165, 1.54) is 0 Å². The third-order valence-electron chi connectivity index (χ3n) is 5.25. The zero-order valence-corrected chi connectivity index (χ0v) is 19.0. The van der Waals surface area contributed by atoms with Crippen molar-refractivity contribution in [1.29, 1.82) is 0 Å². The zero-order valence-electron chi connectivity index (χ0n) is 18.2. The maximum Gasteiger partial charge on any atom is 0.323 e. The molecule has 5 rings (SSSR count). The molecule has 8 nitrogen and oxygen atoms in total. The summed E-state index contributed by atoms with van der Waals surface area (Å²) in [5, 5.41) is 6.10. The van der Waals surface area contributed by atoms with Crippen molar-refractivity contribution >= 4 is 45.9 Å². The van der Waals surface area contributed by atoms with Gasteiger partial charge in [0.05, 0.1) is 30.4 Å². The van der Waals surface area contributed by atoms with Crippen LogP contribution in [0.5, 0.6) is 11.5 Å². The van der Waals surface area contributed by atoms with Gasteiger partial charge in [0, 0.05) is 41.6 Å². The molecular formula is C25H22ClN5O3. The lowest BCUT2D eigenvalue weighted by molar-refractivity contribution is 0.122. The summed E-state index contributed by atoms with van der Waals surface area (Å²) in [6.07, 6.45) is 1.79. The number of benzene rings is 3. The van der Waals surface area contributed by atoms with Crippen molar-refractivity contribution in [2.45, 2.75) is 0 Å². The molecule has 172 valence electrons. The maximum atomic E-state index is 12.3. The molecule has 0 atom stereocenters. The second-order valence-electron chi connectivity index (χ2n) is 7.70. The number of rotatable bonds is 5. The number of hydrogen-bond donors (Lipinski definition) is 2. The van der Waals surface area contributed by atoms with Crippen LogP contribution in [0.3, 0.4) is 0 Å². The number of anilines is 3. The highest BCUT2D eigenvalue weighted by Crippen LogP contribution is 2.27. The Bertz CT molecular complexity index is 1330. The number of nitrogens with zero attached hydrogens (tertiary/aromatic N) is 3. The third-order valence-corrected chi connectivity index (χ3v) is 5.48. The summed E-state index contributed by atoms with van der Waals surface area (Å²) in [6, 6.07) is 19.3. The molecule has 9 heteroatoms. The van der Waals surface area contributed by atoms with E-state index in [1.807, 2.05) is 30.3 Å². The lowest BCUT2D eigenvalue weighted by Crippen LogP contribution is -2.36. The van der Waals surface area contributed by atoms with Crippen LogP contribution < -0.4 is 20.3 Å². The molecule has 1 aliphatic rings. The number of urea groups is 1.